The van der Waals surface area contributed by atoms with Crippen molar-refractivity contribution in [1.29, 1.82) is 0 Å². The second-order valence-corrected chi connectivity index (χ2v) is 9.60. The molecule has 0 aliphatic heterocycles. The number of ketones is 1. The summed E-state index contributed by atoms with van der Waals surface area (Å²) in [5.74, 6) is -3.75. The van der Waals surface area contributed by atoms with E-state index in [-0.39, 0.29) is 10.5 Å². The molecule has 0 fully saturated rings. The Morgan fingerprint density at radius 3 is 2.12 bits per heavy atom. The highest BCUT2D eigenvalue weighted by molar-refractivity contribution is 7.92. The Balaban J connectivity index is 1.57. The van der Waals surface area contributed by atoms with Crippen molar-refractivity contribution in [2.45, 2.75) is 11.0 Å². The Morgan fingerprint density at radius 1 is 0.909 bits per heavy atom. The number of hydrogen-bond donors (Lipinski definition) is 2. The topological polar surface area (TPSA) is 83.5 Å². The van der Waals surface area contributed by atoms with E-state index >= 15 is 0 Å². The van der Waals surface area contributed by atoms with Crippen molar-refractivity contribution in [2.75, 3.05) is 4.72 Å². The number of aliphatic hydroxyl groups is 1. The number of carbonyl (C=O) groups excluding carboxylic acids is 1. The lowest BCUT2D eigenvalue weighted by Crippen LogP contribution is -2.17. The number of sulfonamides is 1. The maximum atomic E-state index is 14.6. The van der Waals surface area contributed by atoms with Crippen LogP contribution < -0.4 is 4.72 Å². The Morgan fingerprint density at radius 2 is 1.55 bits per heavy atom. The summed E-state index contributed by atoms with van der Waals surface area (Å²) < 4.78 is 56.7. The zero-order valence-corrected chi connectivity index (χ0v) is 18.5. The van der Waals surface area contributed by atoms with Crippen molar-refractivity contribution in [1.82, 2.24) is 0 Å². The lowest BCUT2D eigenvalue weighted by Gasteiger charge is -2.13. The molecule has 1 unspecified atom stereocenters. The predicted octanol–water partition coefficient (Wildman–Crippen LogP) is 5.41. The van der Waals surface area contributed by atoms with Gasteiger partial charge in [-0.3, -0.25) is 9.52 Å². The molecule has 0 aliphatic carbocycles. The van der Waals surface area contributed by atoms with Crippen LogP contribution in [0.3, 0.4) is 0 Å². The molecule has 4 aromatic rings. The van der Waals surface area contributed by atoms with Crippen LogP contribution in [0.15, 0.2) is 88.5 Å². The third-order valence-corrected chi connectivity index (χ3v) is 7.00. The molecule has 9 heteroatoms. The molecule has 0 aliphatic rings. The summed E-state index contributed by atoms with van der Waals surface area (Å²) in [7, 11) is -4.14. The number of benzene rings is 3. The Kier molecular flexibility index (Phi) is 6.37. The summed E-state index contributed by atoms with van der Waals surface area (Å²) in [4.78, 5) is 12.4. The molecule has 4 rings (SSSR count). The van der Waals surface area contributed by atoms with Gasteiger partial charge in [0, 0.05) is 0 Å². The first kappa shape index (κ1) is 22.8. The van der Waals surface area contributed by atoms with Crippen molar-refractivity contribution >= 4 is 32.8 Å². The quantitative estimate of drug-likeness (QED) is 0.343. The molecule has 0 bridgehead atoms. The van der Waals surface area contributed by atoms with Gasteiger partial charge in [0.1, 0.15) is 17.7 Å². The van der Waals surface area contributed by atoms with Gasteiger partial charge in [0.15, 0.2) is 0 Å². The molecule has 3 aromatic carbocycles. The fourth-order valence-electron chi connectivity index (χ4n) is 3.26. The van der Waals surface area contributed by atoms with Crippen LogP contribution >= 0.6 is 11.3 Å². The van der Waals surface area contributed by atoms with Gasteiger partial charge in [0.25, 0.3) is 10.0 Å². The smallest absolute Gasteiger partial charge is 0.261 e. The Hall–Kier alpha value is -3.40. The highest BCUT2D eigenvalue weighted by atomic mass is 32.2. The molecule has 0 radical (unpaired) electrons. The molecule has 2 N–H and O–H groups in total. The average Bonchev–Trinajstić information content (AvgIpc) is 3.33. The van der Waals surface area contributed by atoms with Crippen LogP contribution in [0.2, 0.25) is 0 Å². The van der Waals surface area contributed by atoms with Crippen LogP contribution in [-0.2, 0) is 10.0 Å². The Bertz CT molecular complexity index is 1370. The normalized spacial score (nSPS) is 12.3. The molecular formula is C24H17F2NO4S2. The first-order chi connectivity index (χ1) is 15.8. The van der Waals surface area contributed by atoms with Crippen molar-refractivity contribution in [2.24, 2.45) is 0 Å². The van der Waals surface area contributed by atoms with Gasteiger partial charge in [-0.25, -0.2) is 17.2 Å². The van der Waals surface area contributed by atoms with Crippen molar-refractivity contribution < 1.29 is 27.1 Å². The predicted molar refractivity (Wildman–Crippen MR) is 123 cm³/mol. The number of thiophene rings is 1. The SMILES string of the molecule is O=C(c1c(F)cc(NS(=O)(=O)c2ccc(-c3ccsc3)cc2)cc1F)C(O)c1ccccc1. The van der Waals surface area contributed by atoms with Crippen LogP contribution in [0.5, 0.6) is 0 Å². The highest BCUT2D eigenvalue weighted by Gasteiger charge is 2.27. The maximum Gasteiger partial charge on any atom is 0.261 e. The third-order valence-electron chi connectivity index (χ3n) is 4.92. The van der Waals surface area contributed by atoms with Crippen LogP contribution in [0.25, 0.3) is 11.1 Å². The van der Waals surface area contributed by atoms with E-state index in [1.54, 1.807) is 30.3 Å². The van der Waals surface area contributed by atoms with E-state index in [0.717, 1.165) is 11.1 Å². The molecule has 1 aromatic heterocycles. The minimum Gasteiger partial charge on any atom is -0.380 e. The number of aliphatic hydroxyl groups excluding tert-OH is 1. The van der Waals surface area contributed by atoms with Gasteiger partial charge in [-0.2, -0.15) is 11.3 Å². The summed E-state index contributed by atoms with van der Waals surface area (Å²) in [5.41, 5.74) is 0.607. The third kappa shape index (κ3) is 4.85. The standard InChI is InChI=1S/C24H17F2NO4S2/c25-20-12-18(13-21(26)22(20)24(29)23(28)16-4-2-1-3-5-16)27-33(30,31)19-8-6-15(7-9-19)17-10-11-32-14-17/h1-14,23,27-28H. The summed E-state index contributed by atoms with van der Waals surface area (Å²) in [6, 6.07) is 17.0. The average molecular weight is 486 g/mol. The van der Waals surface area contributed by atoms with E-state index < -0.39 is 44.8 Å². The second kappa shape index (κ2) is 9.22. The molecule has 5 nitrogen and oxygen atoms in total. The van der Waals surface area contributed by atoms with Crippen LogP contribution in [0, 0.1) is 11.6 Å². The number of anilines is 1. The number of carbonyl (C=O) groups is 1. The van der Waals surface area contributed by atoms with E-state index in [1.807, 2.05) is 16.8 Å². The molecule has 1 heterocycles. The number of hydrogen-bond acceptors (Lipinski definition) is 5. The lowest BCUT2D eigenvalue weighted by molar-refractivity contribution is 0.0738. The molecule has 1 atom stereocenters. The molecule has 0 amide bonds. The summed E-state index contributed by atoms with van der Waals surface area (Å²) in [6.07, 6.45) is -1.76. The first-order valence-corrected chi connectivity index (χ1v) is 12.1. The number of Topliss-reactive ketones (excluding diaryl/α,β-unsaturated/α-hetero) is 1. The van der Waals surface area contributed by atoms with Gasteiger partial charge in [-0.1, -0.05) is 42.5 Å². The molecular weight excluding hydrogens is 468 g/mol. The zero-order chi connectivity index (χ0) is 23.6. The summed E-state index contributed by atoms with van der Waals surface area (Å²) >= 11 is 1.51. The van der Waals surface area contributed by atoms with E-state index in [1.165, 1.54) is 35.6 Å². The van der Waals surface area contributed by atoms with E-state index in [9.17, 15) is 27.1 Å². The van der Waals surface area contributed by atoms with Gasteiger partial charge in [-0.05, 0) is 57.8 Å². The van der Waals surface area contributed by atoms with Gasteiger partial charge in [0.2, 0.25) is 5.78 Å². The molecule has 33 heavy (non-hydrogen) atoms. The van der Waals surface area contributed by atoms with Gasteiger partial charge in [0.05, 0.1) is 16.1 Å². The van der Waals surface area contributed by atoms with Crippen LogP contribution in [-0.4, -0.2) is 19.3 Å². The largest absolute Gasteiger partial charge is 0.380 e. The van der Waals surface area contributed by atoms with Crippen molar-refractivity contribution in [3.8, 4) is 11.1 Å². The minimum absolute atomic E-state index is 0.0954. The fraction of sp³-hybridized carbons (Fsp3) is 0.0417. The first-order valence-electron chi connectivity index (χ1n) is 9.68. The van der Waals surface area contributed by atoms with Crippen LogP contribution in [0.4, 0.5) is 14.5 Å². The highest BCUT2D eigenvalue weighted by Crippen LogP contribution is 2.28. The number of nitrogens with one attached hydrogen (secondary N) is 1. The number of rotatable bonds is 7. The van der Waals surface area contributed by atoms with E-state index in [2.05, 4.69) is 4.72 Å². The van der Waals surface area contributed by atoms with Gasteiger partial charge >= 0.3 is 0 Å². The van der Waals surface area contributed by atoms with E-state index in [0.29, 0.717) is 12.1 Å². The monoisotopic (exact) mass is 485 g/mol. The van der Waals surface area contributed by atoms with Gasteiger partial charge < -0.3 is 5.11 Å². The summed E-state index contributed by atoms with van der Waals surface area (Å²) in [6.45, 7) is 0. The minimum atomic E-state index is -4.14. The molecule has 0 saturated carbocycles. The second-order valence-electron chi connectivity index (χ2n) is 7.13. The zero-order valence-electron chi connectivity index (χ0n) is 16.9. The lowest BCUT2D eigenvalue weighted by atomic mass is 9.99. The van der Waals surface area contributed by atoms with Crippen molar-refractivity contribution in [3.63, 3.8) is 0 Å². The maximum absolute atomic E-state index is 14.6. The fourth-order valence-corrected chi connectivity index (χ4v) is 4.97. The summed E-state index contributed by atoms with van der Waals surface area (Å²) in [5, 5.41) is 14.0. The Labute approximate surface area is 193 Å². The molecule has 168 valence electrons. The molecule has 0 saturated heterocycles. The van der Waals surface area contributed by atoms with Crippen LogP contribution in [0.1, 0.15) is 22.0 Å². The van der Waals surface area contributed by atoms with Gasteiger partial charge in [-0.15, -0.1) is 0 Å². The number of halogens is 2. The van der Waals surface area contributed by atoms with E-state index in [4.69, 9.17) is 0 Å². The van der Waals surface area contributed by atoms with Crippen molar-refractivity contribution in [3.05, 3.63) is 106 Å². The molecule has 0 spiro atoms.